The first-order valence-corrected chi connectivity index (χ1v) is 7.51. The van der Waals surface area contributed by atoms with Crippen molar-refractivity contribution in [3.63, 3.8) is 0 Å². The average Bonchev–Trinajstić information content (AvgIpc) is 2.90. The number of rotatable bonds is 3. The van der Waals surface area contributed by atoms with Crippen LogP contribution in [0.5, 0.6) is 0 Å². The summed E-state index contributed by atoms with van der Waals surface area (Å²) in [4.78, 5) is 4.67. The molecule has 4 heteroatoms. The maximum absolute atomic E-state index is 6.01. The highest BCUT2D eigenvalue weighted by atomic mass is 35.5. The molecule has 0 radical (unpaired) electrons. The van der Waals surface area contributed by atoms with Crippen molar-refractivity contribution in [3.05, 3.63) is 69.5 Å². The molecule has 3 rings (SSSR count). The summed E-state index contributed by atoms with van der Waals surface area (Å²) < 4.78 is 0. The summed E-state index contributed by atoms with van der Waals surface area (Å²) in [6.07, 6.45) is 0.825. The zero-order valence-electron chi connectivity index (χ0n) is 10.7. The Morgan fingerprint density at radius 1 is 1.10 bits per heavy atom. The molecule has 0 saturated heterocycles. The van der Waals surface area contributed by atoms with Crippen LogP contribution >= 0.6 is 22.9 Å². The van der Waals surface area contributed by atoms with Gasteiger partial charge in [0.05, 0.1) is 10.7 Å². The standard InChI is InChI=1S/C16H13ClN2S/c17-13-3-1-2-12(9-13)15-10-20-16(19-15)8-11-4-6-14(18)7-5-11/h1-7,9-10H,8,18H2. The Morgan fingerprint density at radius 3 is 2.65 bits per heavy atom. The van der Waals surface area contributed by atoms with E-state index in [1.165, 1.54) is 5.56 Å². The Labute approximate surface area is 126 Å². The lowest BCUT2D eigenvalue weighted by Gasteiger charge is -1.99. The molecule has 0 amide bonds. The molecular formula is C16H13ClN2S. The molecule has 0 unspecified atom stereocenters. The maximum Gasteiger partial charge on any atom is 0.0976 e. The molecule has 0 saturated carbocycles. The van der Waals surface area contributed by atoms with Crippen molar-refractivity contribution in [2.24, 2.45) is 0 Å². The predicted molar refractivity (Wildman–Crippen MR) is 86.2 cm³/mol. The predicted octanol–water partition coefficient (Wildman–Crippen LogP) is 4.64. The summed E-state index contributed by atoms with van der Waals surface area (Å²) in [6, 6.07) is 15.7. The summed E-state index contributed by atoms with van der Waals surface area (Å²) in [5.41, 5.74) is 9.72. The first kappa shape index (κ1) is 13.2. The molecule has 1 heterocycles. The summed E-state index contributed by atoms with van der Waals surface area (Å²) >= 11 is 7.67. The third-order valence-corrected chi connectivity index (χ3v) is 4.09. The smallest absolute Gasteiger partial charge is 0.0976 e. The van der Waals surface area contributed by atoms with E-state index in [0.717, 1.165) is 33.4 Å². The fraction of sp³-hybridized carbons (Fsp3) is 0.0625. The van der Waals surface area contributed by atoms with Gasteiger partial charge in [-0.15, -0.1) is 11.3 Å². The van der Waals surface area contributed by atoms with E-state index in [4.69, 9.17) is 17.3 Å². The third kappa shape index (κ3) is 3.00. The molecule has 20 heavy (non-hydrogen) atoms. The Bertz CT molecular complexity index is 719. The minimum atomic E-state index is 0.732. The van der Waals surface area contributed by atoms with Crippen molar-refractivity contribution in [3.8, 4) is 11.3 Å². The molecule has 0 bridgehead atoms. The number of nitrogens with zero attached hydrogens (tertiary/aromatic N) is 1. The second-order valence-corrected chi connectivity index (χ2v) is 5.93. The molecule has 0 atom stereocenters. The number of hydrogen-bond donors (Lipinski definition) is 1. The molecule has 0 aliphatic carbocycles. The number of aromatic nitrogens is 1. The largest absolute Gasteiger partial charge is 0.399 e. The number of anilines is 1. The highest BCUT2D eigenvalue weighted by Gasteiger charge is 2.06. The first-order valence-electron chi connectivity index (χ1n) is 6.25. The molecule has 0 aliphatic rings. The Kier molecular flexibility index (Phi) is 3.72. The highest BCUT2D eigenvalue weighted by molar-refractivity contribution is 7.10. The van der Waals surface area contributed by atoms with Gasteiger partial charge < -0.3 is 5.73 Å². The summed E-state index contributed by atoms with van der Waals surface area (Å²) in [6.45, 7) is 0. The van der Waals surface area contributed by atoms with Crippen LogP contribution < -0.4 is 5.73 Å². The number of hydrogen-bond acceptors (Lipinski definition) is 3. The monoisotopic (exact) mass is 300 g/mol. The van der Waals surface area contributed by atoms with Crippen molar-refractivity contribution in [2.45, 2.75) is 6.42 Å². The molecule has 0 aliphatic heterocycles. The van der Waals surface area contributed by atoms with Crippen LogP contribution in [0.4, 0.5) is 5.69 Å². The van der Waals surface area contributed by atoms with Crippen LogP contribution in [0.15, 0.2) is 53.9 Å². The second kappa shape index (κ2) is 5.65. The van der Waals surface area contributed by atoms with Crippen LogP contribution in [-0.2, 0) is 6.42 Å². The summed E-state index contributed by atoms with van der Waals surface area (Å²) in [7, 11) is 0. The summed E-state index contributed by atoms with van der Waals surface area (Å²) in [5.74, 6) is 0. The molecule has 2 nitrogen and oxygen atoms in total. The molecule has 2 aromatic carbocycles. The topological polar surface area (TPSA) is 38.9 Å². The van der Waals surface area contributed by atoms with Gasteiger partial charge in [0.1, 0.15) is 0 Å². The van der Waals surface area contributed by atoms with Crippen LogP contribution in [-0.4, -0.2) is 4.98 Å². The minimum absolute atomic E-state index is 0.732. The van der Waals surface area contributed by atoms with Gasteiger partial charge in [-0.2, -0.15) is 0 Å². The van der Waals surface area contributed by atoms with E-state index in [1.54, 1.807) is 11.3 Å². The lowest BCUT2D eigenvalue weighted by molar-refractivity contribution is 1.14. The number of nitrogens with two attached hydrogens (primary N) is 1. The van der Waals surface area contributed by atoms with Crippen molar-refractivity contribution >= 4 is 28.6 Å². The fourth-order valence-electron chi connectivity index (χ4n) is 1.98. The van der Waals surface area contributed by atoms with Gasteiger partial charge in [-0.05, 0) is 29.8 Å². The number of halogens is 1. The molecule has 100 valence electrons. The van der Waals surface area contributed by atoms with Gasteiger partial charge in [0, 0.05) is 28.1 Å². The fourth-order valence-corrected chi connectivity index (χ4v) is 3.01. The van der Waals surface area contributed by atoms with Crippen molar-refractivity contribution < 1.29 is 0 Å². The van der Waals surface area contributed by atoms with Gasteiger partial charge in [0.25, 0.3) is 0 Å². The second-order valence-electron chi connectivity index (χ2n) is 4.56. The van der Waals surface area contributed by atoms with E-state index >= 15 is 0 Å². The lowest BCUT2D eigenvalue weighted by Crippen LogP contribution is -1.89. The third-order valence-electron chi connectivity index (χ3n) is 3.01. The van der Waals surface area contributed by atoms with E-state index in [-0.39, 0.29) is 0 Å². The lowest BCUT2D eigenvalue weighted by atomic mass is 10.1. The average molecular weight is 301 g/mol. The maximum atomic E-state index is 6.01. The minimum Gasteiger partial charge on any atom is -0.399 e. The molecular weight excluding hydrogens is 288 g/mol. The number of benzene rings is 2. The molecule has 1 aromatic heterocycles. The highest BCUT2D eigenvalue weighted by Crippen LogP contribution is 2.25. The van der Waals surface area contributed by atoms with Gasteiger partial charge in [-0.25, -0.2) is 4.98 Å². The van der Waals surface area contributed by atoms with Crippen LogP contribution in [0.3, 0.4) is 0 Å². The SMILES string of the molecule is Nc1ccc(Cc2nc(-c3cccc(Cl)c3)cs2)cc1. The van der Waals surface area contributed by atoms with Crippen molar-refractivity contribution in [1.82, 2.24) is 4.98 Å². The molecule has 2 N–H and O–H groups in total. The van der Waals surface area contributed by atoms with Gasteiger partial charge in [-0.3, -0.25) is 0 Å². The van der Waals surface area contributed by atoms with Crippen molar-refractivity contribution in [1.29, 1.82) is 0 Å². The zero-order chi connectivity index (χ0) is 13.9. The van der Waals surface area contributed by atoms with Gasteiger partial charge >= 0.3 is 0 Å². The van der Waals surface area contributed by atoms with Gasteiger partial charge in [0.15, 0.2) is 0 Å². The van der Waals surface area contributed by atoms with E-state index in [2.05, 4.69) is 10.4 Å². The van der Waals surface area contributed by atoms with Gasteiger partial charge in [0.2, 0.25) is 0 Å². The Hall–Kier alpha value is -1.84. The normalized spacial score (nSPS) is 10.7. The molecule has 0 spiro atoms. The number of thiazole rings is 1. The van der Waals surface area contributed by atoms with E-state index in [1.807, 2.05) is 48.5 Å². The van der Waals surface area contributed by atoms with E-state index in [0.29, 0.717) is 0 Å². The summed E-state index contributed by atoms with van der Waals surface area (Å²) in [5, 5.41) is 3.89. The van der Waals surface area contributed by atoms with Crippen LogP contribution in [0.25, 0.3) is 11.3 Å². The zero-order valence-corrected chi connectivity index (χ0v) is 12.3. The van der Waals surface area contributed by atoms with Crippen LogP contribution in [0.2, 0.25) is 5.02 Å². The Morgan fingerprint density at radius 2 is 1.90 bits per heavy atom. The molecule has 0 fully saturated rings. The van der Waals surface area contributed by atoms with Gasteiger partial charge in [-0.1, -0.05) is 35.9 Å². The van der Waals surface area contributed by atoms with Crippen molar-refractivity contribution in [2.75, 3.05) is 5.73 Å². The quantitative estimate of drug-likeness (QED) is 0.716. The molecule has 3 aromatic rings. The van der Waals surface area contributed by atoms with Crippen LogP contribution in [0.1, 0.15) is 10.6 Å². The Balaban J connectivity index is 1.82. The first-order chi connectivity index (χ1) is 9.70. The van der Waals surface area contributed by atoms with E-state index < -0.39 is 0 Å². The van der Waals surface area contributed by atoms with E-state index in [9.17, 15) is 0 Å². The number of nitrogen functional groups attached to an aromatic ring is 1. The van der Waals surface area contributed by atoms with Crippen LogP contribution in [0, 0.1) is 0 Å².